The number of aromatic nitrogens is 1. The zero-order chi connectivity index (χ0) is 16.8. The second-order valence-electron chi connectivity index (χ2n) is 5.31. The fraction of sp³-hybridized carbons (Fsp3) is 0.100. The van der Waals surface area contributed by atoms with Crippen molar-refractivity contribution in [1.82, 2.24) is 4.98 Å². The summed E-state index contributed by atoms with van der Waals surface area (Å²) in [4.78, 5) is 18.8. The standard InChI is InChI=1S/C20H19N3O/c1-2-23(18-11-7-4-8-12-18)19-14-13-17(15-21-19)22-20(24)16-9-5-3-6-10-16/h3-15H,2H2,1H3,(H,22,24). The highest BCUT2D eigenvalue weighted by molar-refractivity contribution is 6.04. The summed E-state index contributed by atoms with van der Waals surface area (Å²) in [5.74, 6) is 0.710. The summed E-state index contributed by atoms with van der Waals surface area (Å²) < 4.78 is 0. The van der Waals surface area contributed by atoms with Gasteiger partial charge >= 0.3 is 0 Å². The lowest BCUT2D eigenvalue weighted by atomic mass is 10.2. The molecule has 1 aromatic heterocycles. The number of carbonyl (C=O) groups is 1. The van der Waals surface area contributed by atoms with Crippen LogP contribution < -0.4 is 10.2 Å². The Kier molecular flexibility index (Phi) is 4.87. The Labute approximate surface area is 141 Å². The minimum Gasteiger partial charge on any atom is -0.327 e. The quantitative estimate of drug-likeness (QED) is 0.754. The van der Waals surface area contributed by atoms with E-state index in [9.17, 15) is 4.79 Å². The fourth-order valence-electron chi connectivity index (χ4n) is 2.50. The second-order valence-corrected chi connectivity index (χ2v) is 5.31. The van der Waals surface area contributed by atoms with Crippen molar-refractivity contribution < 1.29 is 4.79 Å². The molecule has 0 bridgehead atoms. The third-order valence-electron chi connectivity index (χ3n) is 3.70. The lowest BCUT2D eigenvalue weighted by Crippen LogP contribution is -2.17. The number of nitrogens with zero attached hydrogens (tertiary/aromatic N) is 2. The van der Waals surface area contributed by atoms with Gasteiger partial charge in [0.25, 0.3) is 5.91 Å². The average molecular weight is 317 g/mol. The third-order valence-corrected chi connectivity index (χ3v) is 3.70. The molecule has 0 saturated heterocycles. The summed E-state index contributed by atoms with van der Waals surface area (Å²) in [6, 6.07) is 23.0. The zero-order valence-electron chi connectivity index (χ0n) is 13.5. The highest BCUT2D eigenvalue weighted by Crippen LogP contribution is 2.23. The van der Waals surface area contributed by atoms with Crippen molar-refractivity contribution >= 4 is 23.1 Å². The molecule has 3 rings (SSSR count). The van der Waals surface area contributed by atoms with E-state index in [4.69, 9.17) is 0 Å². The van der Waals surface area contributed by atoms with E-state index in [0.717, 1.165) is 18.1 Å². The number of benzene rings is 2. The molecule has 0 aliphatic heterocycles. The first-order valence-electron chi connectivity index (χ1n) is 7.93. The van der Waals surface area contributed by atoms with Crippen molar-refractivity contribution in [3.8, 4) is 0 Å². The topological polar surface area (TPSA) is 45.2 Å². The average Bonchev–Trinajstić information content (AvgIpc) is 2.65. The van der Waals surface area contributed by atoms with E-state index in [-0.39, 0.29) is 5.91 Å². The molecule has 0 saturated carbocycles. The zero-order valence-corrected chi connectivity index (χ0v) is 13.5. The van der Waals surface area contributed by atoms with Crippen LogP contribution >= 0.6 is 0 Å². The summed E-state index contributed by atoms with van der Waals surface area (Å²) >= 11 is 0. The first-order valence-corrected chi connectivity index (χ1v) is 7.93. The third kappa shape index (κ3) is 3.60. The number of hydrogen-bond donors (Lipinski definition) is 1. The monoisotopic (exact) mass is 317 g/mol. The summed E-state index contributed by atoms with van der Waals surface area (Å²) in [7, 11) is 0. The molecule has 0 spiro atoms. The second kappa shape index (κ2) is 7.42. The lowest BCUT2D eigenvalue weighted by Gasteiger charge is -2.22. The number of pyridine rings is 1. The Morgan fingerprint density at radius 2 is 1.62 bits per heavy atom. The Morgan fingerprint density at radius 3 is 2.21 bits per heavy atom. The van der Waals surface area contributed by atoms with Gasteiger partial charge in [-0.25, -0.2) is 4.98 Å². The van der Waals surface area contributed by atoms with Crippen molar-refractivity contribution in [2.45, 2.75) is 6.92 Å². The Hall–Kier alpha value is -3.14. The first-order chi connectivity index (χ1) is 11.8. The maximum atomic E-state index is 12.2. The van der Waals surface area contributed by atoms with Gasteiger partial charge in [-0.15, -0.1) is 0 Å². The Bertz CT molecular complexity index is 786. The van der Waals surface area contributed by atoms with Crippen molar-refractivity contribution in [2.24, 2.45) is 0 Å². The van der Waals surface area contributed by atoms with E-state index >= 15 is 0 Å². The van der Waals surface area contributed by atoms with Gasteiger partial charge in [0.15, 0.2) is 0 Å². The van der Waals surface area contributed by atoms with E-state index in [2.05, 4.69) is 34.3 Å². The predicted molar refractivity (Wildman–Crippen MR) is 97.8 cm³/mol. The smallest absolute Gasteiger partial charge is 0.255 e. The van der Waals surface area contributed by atoms with Crippen LogP contribution in [0.15, 0.2) is 79.0 Å². The van der Waals surface area contributed by atoms with Crippen molar-refractivity contribution in [3.05, 3.63) is 84.6 Å². The van der Waals surface area contributed by atoms with Crippen LogP contribution in [-0.4, -0.2) is 17.4 Å². The molecule has 0 unspecified atom stereocenters. The van der Waals surface area contributed by atoms with Gasteiger partial charge in [-0.05, 0) is 43.3 Å². The summed E-state index contributed by atoms with van der Waals surface area (Å²) in [5.41, 5.74) is 2.39. The molecule has 1 N–H and O–H groups in total. The molecular formula is C20H19N3O. The normalized spacial score (nSPS) is 10.2. The van der Waals surface area contributed by atoms with Crippen molar-refractivity contribution in [2.75, 3.05) is 16.8 Å². The van der Waals surface area contributed by atoms with E-state index < -0.39 is 0 Å². The van der Waals surface area contributed by atoms with Gasteiger partial charge in [0.2, 0.25) is 0 Å². The lowest BCUT2D eigenvalue weighted by molar-refractivity contribution is 0.102. The van der Waals surface area contributed by atoms with Crippen molar-refractivity contribution in [3.63, 3.8) is 0 Å². The molecule has 0 aliphatic carbocycles. The number of carbonyl (C=O) groups excluding carboxylic acids is 1. The van der Waals surface area contributed by atoms with Gasteiger partial charge in [-0.2, -0.15) is 0 Å². The fourth-order valence-corrected chi connectivity index (χ4v) is 2.50. The summed E-state index contributed by atoms with van der Waals surface area (Å²) in [5, 5.41) is 2.86. The van der Waals surface area contributed by atoms with Gasteiger partial charge in [0.1, 0.15) is 5.82 Å². The highest BCUT2D eigenvalue weighted by Gasteiger charge is 2.09. The van der Waals surface area contributed by atoms with E-state index in [1.165, 1.54) is 0 Å². The number of amides is 1. The molecular weight excluding hydrogens is 298 g/mol. The van der Waals surface area contributed by atoms with Crippen LogP contribution in [0.3, 0.4) is 0 Å². The van der Waals surface area contributed by atoms with Crippen LogP contribution in [0.25, 0.3) is 0 Å². The van der Waals surface area contributed by atoms with Gasteiger partial charge in [0, 0.05) is 17.8 Å². The molecule has 1 heterocycles. The molecule has 4 heteroatoms. The Balaban J connectivity index is 1.74. The number of rotatable bonds is 5. The van der Waals surface area contributed by atoms with E-state index in [1.54, 1.807) is 18.3 Å². The van der Waals surface area contributed by atoms with Crippen LogP contribution in [0.1, 0.15) is 17.3 Å². The van der Waals surface area contributed by atoms with E-state index in [1.807, 2.05) is 48.5 Å². The minimum absolute atomic E-state index is 0.138. The van der Waals surface area contributed by atoms with Gasteiger partial charge in [-0.3, -0.25) is 4.79 Å². The van der Waals surface area contributed by atoms with Crippen molar-refractivity contribution in [1.29, 1.82) is 0 Å². The molecule has 120 valence electrons. The highest BCUT2D eigenvalue weighted by atomic mass is 16.1. The molecule has 0 atom stereocenters. The predicted octanol–water partition coefficient (Wildman–Crippen LogP) is 4.49. The SMILES string of the molecule is CCN(c1ccccc1)c1ccc(NC(=O)c2ccccc2)cn1. The molecule has 2 aromatic carbocycles. The minimum atomic E-state index is -0.138. The summed E-state index contributed by atoms with van der Waals surface area (Å²) in [6.07, 6.45) is 1.68. The van der Waals surface area contributed by atoms with Crippen LogP contribution in [0.5, 0.6) is 0 Å². The number of nitrogens with one attached hydrogen (secondary N) is 1. The number of hydrogen-bond acceptors (Lipinski definition) is 3. The maximum Gasteiger partial charge on any atom is 0.255 e. The summed E-state index contributed by atoms with van der Waals surface area (Å²) in [6.45, 7) is 2.90. The van der Waals surface area contributed by atoms with Crippen LogP contribution in [-0.2, 0) is 0 Å². The van der Waals surface area contributed by atoms with E-state index in [0.29, 0.717) is 11.3 Å². The largest absolute Gasteiger partial charge is 0.327 e. The molecule has 4 nitrogen and oxygen atoms in total. The number of anilines is 3. The van der Waals surface area contributed by atoms with Gasteiger partial charge in [0.05, 0.1) is 11.9 Å². The number of para-hydroxylation sites is 1. The molecule has 3 aromatic rings. The van der Waals surface area contributed by atoms with Gasteiger partial charge in [-0.1, -0.05) is 36.4 Å². The molecule has 0 aliphatic rings. The molecule has 0 radical (unpaired) electrons. The van der Waals surface area contributed by atoms with Crippen LogP contribution in [0.2, 0.25) is 0 Å². The van der Waals surface area contributed by atoms with Crippen LogP contribution in [0.4, 0.5) is 17.2 Å². The van der Waals surface area contributed by atoms with Gasteiger partial charge < -0.3 is 10.2 Å². The molecule has 24 heavy (non-hydrogen) atoms. The molecule has 1 amide bonds. The first kappa shape index (κ1) is 15.7. The molecule has 0 fully saturated rings. The Morgan fingerprint density at radius 1 is 0.958 bits per heavy atom. The maximum absolute atomic E-state index is 12.2. The van der Waals surface area contributed by atoms with Crippen LogP contribution in [0, 0.1) is 0 Å².